The van der Waals surface area contributed by atoms with Gasteiger partial charge in [-0.05, 0) is 30.4 Å². The van der Waals surface area contributed by atoms with E-state index >= 15 is 0 Å². The number of benzene rings is 1. The number of rotatable bonds is 5. The van der Waals surface area contributed by atoms with Crippen molar-refractivity contribution in [1.82, 2.24) is 4.90 Å². The predicted octanol–water partition coefficient (Wildman–Crippen LogP) is 3.08. The number of nitrogens with two attached hydrogens (primary N) is 1. The fourth-order valence-electron chi connectivity index (χ4n) is 2.06. The van der Waals surface area contributed by atoms with Gasteiger partial charge in [0.05, 0.1) is 10.0 Å². The van der Waals surface area contributed by atoms with Crippen LogP contribution in [0.3, 0.4) is 0 Å². The second-order valence-corrected chi connectivity index (χ2v) is 5.95. The molecule has 1 aromatic rings. The molecule has 1 aliphatic rings. The molecule has 1 atom stereocenters. The minimum absolute atomic E-state index is 0.00946. The van der Waals surface area contributed by atoms with Crippen molar-refractivity contribution in [3.8, 4) is 0 Å². The summed E-state index contributed by atoms with van der Waals surface area (Å²) in [5.74, 6) is 0.586. The molecule has 5 heteroatoms. The zero-order valence-corrected chi connectivity index (χ0v) is 12.4. The average Bonchev–Trinajstić information content (AvgIpc) is 3.18. The fraction of sp³-hybridized carbons (Fsp3) is 0.500. The maximum Gasteiger partial charge on any atom is 0.224 e. The van der Waals surface area contributed by atoms with E-state index in [9.17, 15) is 4.79 Å². The van der Waals surface area contributed by atoms with Crippen LogP contribution in [-0.2, 0) is 11.3 Å². The largest absolute Gasteiger partial charge is 0.341 e. The van der Waals surface area contributed by atoms with Crippen molar-refractivity contribution in [2.45, 2.75) is 31.8 Å². The van der Waals surface area contributed by atoms with E-state index in [4.69, 9.17) is 28.9 Å². The predicted molar refractivity (Wildman–Crippen MR) is 78.3 cm³/mol. The van der Waals surface area contributed by atoms with Gasteiger partial charge in [0.2, 0.25) is 5.91 Å². The van der Waals surface area contributed by atoms with Crippen molar-refractivity contribution in [2.75, 3.05) is 7.05 Å². The quantitative estimate of drug-likeness (QED) is 0.908. The molecular weight excluding hydrogens is 283 g/mol. The third-order valence-corrected chi connectivity index (χ3v) is 4.36. The van der Waals surface area contributed by atoms with E-state index in [1.165, 1.54) is 0 Å². The van der Waals surface area contributed by atoms with E-state index in [1.54, 1.807) is 18.0 Å². The topological polar surface area (TPSA) is 46.3 Å². The van der Waals surface area contributed by atoms with Crippen LogP contribution in [0.5, 0.6) is 0 Å². The molecule has 0 heterocycles. The van der Waals surface area contributed by atoms with E-state index in [-0.39, 0.29) is 11.9 Å². The maximum atomic E-state index is 12.1. The van der Waals surface area contributed by atoms with E-state index < -0.39 is 0 Å². The van der Waals surface area contributed by atoms with Gasteiger partial charge in [-0.1, -0.05) is 35.3 Å². The molecule has 0 aromatic heterocycles. The lowest BCUT2D eigenvalue weighted by molar-refractivity contribution is -0.130. The second-order valence-electron chi connectivity index (χ2n) is 5.17. The monoisotopic (exact) mass is 300 g/mol. The first-order chi connectivity index (χ1) is 8.99. The molecule has 0 saturated heterocycles. The lowest BCUT2D eigenvalue weighted by atomic mass is 10.1. The van der Waals surface area contributed by atoms with Gasteiger partial charge in [-0.3, -0.25) is 4.79 Å². The van der Waals surface area contributed by atoms with E-state index in [2.05, 4.69) is 0 Å². The van der Waals surface area contributed by atoms with E-state index in [0.717, 1.165) is 18.4 Å². The van der Waals surface area contributed by atoms with E-state index in [0.29, 0.717) is 28.9 Å². The standard InChI is InChI=1S/C14H18Cl2N2O/c1-18(13(19)7-12(17)9-5-6-9)8-10-3-2-4-11(15)14(10)16/h2-4,9,12H,5-8,17H2,1H3. The molecule has 104 valence electrons. The number of halogens is 2. The molecular formula is C14H18Cl2N2O. The van der Waals surface area contributed by atoms with Crippen molar-refractivity contribution in [1.29, 1.82) is 0 Å². The van der Waals surface area contributed by atoms with Gasteiger partial charge in [0.15, 0.2) is 0 Å². The lowest BCUT2D eigenvalue weighted by Crippen LogP contribution is -2.34. The minimum atomic E-state index is -0.00946. The molecule has 3 nitrogen and oxygen atoms in total. The summed E-state index contributed by atoms with van der Waals surface area (Å²) < 4.78 is 0. The summed E-state index contributed by atoms with van der Waals surface area (Å²) in [6.07, 6.45) is 2.70. The molecule has 1 saturated carbocycles. The Balaban J connectivity index is 1.94. The van der Waals surface area contributed by atoms with Crippen LogP contribution in [0.1, 0.15) is 24.8 Å². The molecule has 1 amide bonds. The van der Waals surface area contributed by atoms with Gasteiger partial charge in [0, 0.05) is 26.1 Å². The van der Waals surface area contributed by atoms with Crippen LogP contribution >= 0.6 is 23.2 Å². The Morgan fingerprint density at radius 2 is 2.16 bits per heavy atom. The number of carbonyl (C=O) groups is 1. The third kappa shape index (κ3) is 3.85. The van der Waals surface area contributed by atoms with Crippen LogP contribution in [0, 0.1) is 5.92 Å². The lowest BCUT2D eigenvalue weighted by Gasteiger charge is -2.20. The van der Waals surface area contributed by atoms with Crippen LogP contribution in [0.15, 0.2) is 18.2 Å². The van der Waals surface area contributed by atoms with Crippen molar-refractivity contribution in [3.05, 3.63) is 33.8 Å². The molecule has 0 bridgehead atoms. The normalized spacial score (nSPS) is 16.2. The summed E-state index contributed by atoms with van der Waals surface area (Å²) in [5.41, 5.74) is 6.82. The molecule has 0 aliphatic heterocycles. The Labute approximate surface area is 123 Å². The number of nitrogens with zero attached hydrogens (tertiary/aromatic N) is 1. The number of carbonyl (C=O) groups excluding carboxylic acids is 1. The van der Waals surface area contributed by atoms with Gasteiger partial charge in [0.1, 0.15) is 0 Å². The highest BCUT2D eigenvalue weighted by Gasteiger charge is 2.30. The summed E-state index contributed by atoms with van der Waals surface area (Å²) >= 11 is 12.1. The molecule has 1 aromatic carbocycles. The van der Waals surface area contributed by atoms with Gasteiger partial charge >= 0.3 is 0 Å². The highest BCUT2D eigenvalue weighted by Crippen LogP contribution is 2.33. The minimum Gasteiger partial charge on any atom is -0.341 e. The second kappa shape index (κ2) is 6.12. The molecule has 1 fully saturated rings. The van der Waals surface area contributed by atoms with Crippen LogP contribution < -0.4 is 5.73 Å². The first kappa shape index (κ1) is 14.6. The molecule has 19 heavy (non-hydrogen) atoms. The first-order valence-electron chi connectivity index (χ1n) is 6.41. The zero-order valence-electron chi connectivity index (χ0n) is 10.9. The Hall–Kier alpha value is -0.770. The number of amides is 1. The van der Waals surface area contributed by atoms with Gasteiger partial charge in [0.25, 0.3) is 0 Å². The maximum absolute atomic E-state index is 12.1. The first-order valence-corrected chi connectivity index (χ1v) is 7.17. The molecule has 1 unspecified atom stereocenters. The smallest absolute Gasteiger partial charge is 0.224 e. The van der Waals surface area contributed by atoms with Gasteiger partial charge in [-0.25, -0.2) is 0 Å². The van der Waals surface area contributed by atoms with Gasteiger partial charge < -0.3 is 10.6 Å². The SMILES string of the molecule is CN(Cc1cccc(Cl)c1Cl)C(=O)CC(N)C1CC1. The molecule has 2 rings (SSSR count). The molecule has 0 radical (unpaired) electrons. The number of hydrogen-bond acceptors (Lipinski definition) is 2. The highest BCUT2D eigenvalue weighted by atomic mass is 35.5. The summed E-state index contributed by atoms with van der Waals surface area (Å²) in [5, 5.41) is 1.02. The van der Waals surface area contributed by atoms with Crippen LogP contribution in [0.2, 0.25) is 10.0 Å². The van der Waals surface area contributed by atoms with Crippen molar-refractivity contribution in [3.63, 3.8) is 0 Å². The Bertz CT molecular complexity index is 475. The van der Waals surface area contributed by atoms with E-state index in [1.807, 2.05) is 12.1 Å². The fourth-order valence-corrected chi connectivity index (χ4v) is 2.44. The van der Waals surface area contributed by atoms with Crippen LogP contribution in [0.4, 0.5) is 0 Å². The molecule has 2 N–H and O–H groups in total. The van der Waals surface area contributed by atoms with Crippen LogP contribution in [-0.4, -0.2) is 23.9 Å². The Morgan fingerprint density at radius 3 is 2.79 bits per heavy atom. The van der Waals surface area contributed by atoms with Gasteiger partial charge in [-0.2, -0.15) is 0 Å². The number of hydrogen-bond donors (Lipinski definition) is 1. The Kier molecular flexibility index (Phi) is 4.71. The third-order valence-electron chi connectivity index (χ3n) is 3.50. The van der Waals surface area contributed by atoms with Crippen LogP contribution in [0.25, 0.3) is 0 Å². The highest BCUT2D eigenvalue weighted by molar-refractivity contribution is 6.42. The summed E-state index contributed by atoms with van der Waals surface area (Å²) in [4.78, 5) is 13.7. The summed E-state index contributed by atoms with van der Waals surface area (Å²) in [6.45, 7) is 0.454. The van der Waals surface area contributed by atoms with Crippen molar-refractivity contribution < 1.29 is 4.79 Å². The zero-order chi connectivity index (χ0) is 14.0. The summed E-state index contributed by atoms with van der Waals surface area (Å²) in [7, 11) is 1.76. The Morgan fingerprint density at radius 1 is 1.47 bits per heavy atom. The molecule has 0 spiro atoms. The van der Waals surface area contributed by atoms with Crippen molar-refractivity contribution >= 4 is 29.1 Å². The van der Waals surface area contributed by atoms with Gasteiger partial charge in [-0.15, -0.1) is 0 Å². The summed E-state index contributed by atoms with van der Waals surface area (Å²) in [6, 6.07) is 5.43. The van der Waals surface area contributed by atoms with Crippen molar-refractivity contribution in [2.24, 2.45) is 11.7 Å². The molecule has 1 aliphatic carbocycles. The average molecular weight is 301 g/mol.